The van der Waals surface area contributed by atoms with E-state index in [0.29, 0.717) is 0 Å². The molecule has 0 aliphatic carbocycles. The van der Waals surface area contributed by atoms with Gasteiger partial charge in [0.2, 0.25) is 0 Å². The van der Waals surface area contributed by atoms with Gasteiger partial charge < -0.3 is 9.55 Å². The van der Waals surface area contributed by atoms with Crippen molar-refractivity contribution in [1.29, 1.82) is 0 Å². The van der Waals surface area contributed by atoms with Crippen LogP contribution < -0.4 is 0 Å². The molecular formula is C15H17N5S. The fourth-order valence-corrected chi connectivity index (χ4v) is 2.84. The van der Waals surface area contributed by atoms with E-state index in [-0.39, 0.29) is 0 Å². The van der Waals surface area contributed by atoms with Crippen LogP contribution in [0.3, 0.4) is 0 Å². The number of nitrogens with one attached hydrogen (secondary N) is 1. The van der Waals surface area contributed by atoms with Crippen LogP contribution in [0.2, 0.25) is 0 Å². The Hall–Kier alpha value is -2.08. The minimum atomic E-state index is 0.817. The van der Waals surface area contributed by atoms with Crippen molar-refractivity contribution in [2.75, 3.05) is 5.75 Å². The van der Waals surface area contributed by atoms with Crippen molar-refractivity contribution >= 4 is 22.8 Å². The zero-order chi connectivity index (χ0) is 14.7. The minimum absolute atomic E-state index is 0.817. The van der Waals surface area contributed by atoms with E-state index < -0.39 is 0 Å². The molecule has 0 aliphatic rings. The van der Waals surface area contributed by atoms with E-state index in [1.54, 1.807) is 11.8 Å². The van der Waals surface area contributed by atoms with Crippen molar-refractivity contribution in [2.24, 2.45) is 7.05 Å². The molecule has 0 saturated carbocycles. The van der Waals surface area contributed by atoms with Gasteiger partial charge in [-0.05, 0) is 12.1 Å². The normalized spacial score (nSPS) is 11.1. The summed E-state index contributed by atoms with van der Waals surface area (Å²) in [6.45, 7) is 3.72. The van der Waals surface area contributed by atoms with Gasteiger partial charge in [-0.25, -0.2) is 4.98 Å². The molecule has 0 fully saturated rings. The van der Waals surface area contributed by atoms with Crippen molar-refractivity contribution in [3.8, 4) is 0 Å². The Labute approximate surface area is 127 Å². The number of rotatable bonds is 6. The molecule has 2 aromatic heterocycles. The summed E-state index contributed by atoms with van der Waals surface area (Å²) in [4.78, 5) is 7.92. The average Bonchev–Trinajstić information content (AvgIpc) is 3.06. The zero-order valence-electron chi connectivity index (χ0n) is 11.9. The Kier molecular flexibility index (Phi) is 4.06. The van der Waals surface area contributed by atoms with E-state index in [1.807, 2.05) is 42.0 Å². The van der Waals surface area contributed by atoms with Gasteiger partial charge in [0.15, 0.2) is 5.16 Å². The maximum Gasteiger partial charge on any atom is 0.191 e. The third-order valence-electron chi connectivity index (χ3n) is 3.28. The van der Waals surface area contributed by atoms with Gasteiger partial charge in [0.1, 0.15) is 11.6 Å². The molecule has 0 spiro atoms. The van der Waals surface area contributed by atoms with Crippen LogP contribution in [0.4, 0.5) is 0 Å². The number of fused-ring (bicyclic) bond motifs is 1. The first-order valence-corrected chi connectivity index (χ1v) is 7.82. The van der Waals surface area contributed by atoms with Crippen LogP contribution in [0.1, 0.15) is 11.6 Å². The summed E-state index contributed by atoms with van der Waals surface area (Å²) in [5, 5.41) is 9.39. The number of hydrogen-bond acceptors (Lipinski definition) is 4. The second kappa shape index (κ2) is 6.13. The molecule has 108 valence electrons. The van der Waals surface area contributed by atoms with Crippen LogP contribution >= 0.6 is 11.8 Å². The van der Waals surface area contributed by atoms with E-state index in [9.17, 15) is 0 Å². The lowest BCUT2D eigenvalue weighted by atomic mass is 10.3. The monoisotopic (exact) mass is 299 g/mol. The number of thioether (sulfide) groups is 1. The van der Waals surface area contributed by atoms with Gasteiger partial charge in [0.05, 0.1) is 11.0 Å². The van der Waals surface area contributed by atoms with E-state index in [0.717, 1.165) is 46.4 Å². The predicted molar refractivity (Wildman–Crippen MR) is 85.4 cm³/mol. The van der Waals surface area contributed by atoms with E-state index in [4.69, 9.17) is 0 Å². The molecule has 6 heteroatoms. The van der Waals surface area contributed by atoms with Crippen molar-refractivity contribution in [3.63, 3.8) is 0 Å². The van der Waals surface area contributed by atoms with Crippen LogP contribution in [0.15, 0.2) is 42.1 Å². The molecule has 5 nitrogen and oxygen atoms in total. The first kappa shape index (κ1) is 13.9. The first-order valence-electron chi connectivity index (χ1n) is 6.83. The largest absolute Gasteiger partial charge is 0.342 e. The standard InChI is InChI=1S/C15H17N5S/c1-3-10-21-15-19-18-14(20(15)2)9-8-13-16-11-6-4-5-7-12(11)17-13/h3-7H,1,8-10H2,2H3,(H,16,17). The van der Waals surface area contributed by atoms with Gasteiger partial charge in [0, 0.05) is 25.6 Å². The maximum atomic E-state index is 4.58. The van der Waals surface area contributed by atoms with Gasteiger partial charge in [0.25, 0.3) is 0 Å². The number of hydrogen-bond donors (Lipinski definition) is 1. The Morgan fingerprint density at radius 2 is 2.14 bits per heavy atom. The molecule has 1 aromatic carbocycles. The Bertz CT molecular complexity index is 725. The van der Waals surface area contributed by atoms with Crippen molar-refractivity contribution in [1.82, 2.24) is 24.7 Å². The molecule has 0 atom stereocenters. The minimum Gasteiger partial charge on any atom is -0.342 e. The molecule has 3 aromatic rings. The third kappa shape index (κ3) is 3.00. The van der Waals surface area contributed by atoms with Crippen LogP contribution in [0.5, 0.6) is 0 Å². The highest BCUT2D eigenvalue weighted by molar-refractivity contribution is 7.99. The SMILES string of the molecule is C=CCSc1nnc(CCc2nc3ccccc3[nH]2)n1C. The third-order valence-corrected chi connectivity index (χ3v) is 4.30. The summed E-state index contributed by atoms with van der Waals surface area (Å²) in [6.07, 6.45) is 3.51. The summed E-state index contributed by atoms with van der Waals surface area (Å²) >= 11 is 1.64. The summed E-state index contributed by atoms with van der Waals surface area (Å²) in [6, 6.07) is 8.06. The fourth-order valence-electron chi connectivity index (χ4n) is 2.18. The van der Waals surface area contributed by atoms with Crippen molar-refractivity contribution < 1.29 is 0 Å². The second-order valence-electron chi connectivity index (χ2n) is 4.76. The van der Waals surface area contributed by atoms with Crippen LogP contribution in [-0.4, -0.2) is 30.5 Å². The smallest absolute Gasteiger partial charge is 0.191 e. The molecule has 2 heterocycles. The Morgan fingerprint density at radius 3 is 2.95 bits per heavy atom. The molecule has 0 saturated heterocycles. The molecule has 3 rings (SSSR count). The highest BCUT2D eigenvalue weighted by Crippen LogP contribution is 2.17. The average molecular weight is 299 g/mol. The molecule has 21 heavy (non-hydrogen) atoms. The molecule has 0 aliphatic heterocycles. The number of nitrogens with zero attached hydrogens (tertiary/aromatic N) is 4. The summed E-state index contributed by atoms with van der Waals surface area (Å²) < 4.78 is 2.04. The lowest BCUT2D eigenvalue weighted by molar-refractivity contribution is 0.715. The molecule has 1 N–H and O–H groups in total. The predicted octanol–water partition coefficient (Wildman–Crippen LogP) is 2.75. The number of H-pyrrole nitrogens is 1. The highest BCUT2D eigenvalue weighted by Gasteiger charge is 2.10. The van der Waals surface area contributed by atoms with Crippen LogP contribution in [0, 0.1) is 0 Å². The van der Waals surface area contributed by atoms with Crippen LogP contribution in [0.25, 0.3) is 11.0 Å². The lowest BCUT2D eigenvalue weighted by Gasteiger charge is -2.01. The number of imidazole rings is 1. The molecule has 0 bridgehead atoms. The number of para-hydroxylation sites is 2. The second-order valence-corrected chi connectivity index (χ2v) is 5.75. The topological polar surface area (TPSA) is 59.4 Å². The van der Waals surface area contributed by atoms with Gasteiger partial charge >= 0.3 is 0 Å². The molecule has 0 unspecified atom stereocenters. The van der Waals surface area contributed by atoms with Gasteiger partial charge in [-0.1, -0.05) is 30.0 Å². The van der Waals surface area contributed by atoms with E-state index >= 15 is 0 Å². The highest BCUT2D eigenvalue weighted by atomic mass is 32.2. The summed E-state index contributed by atoms with van der Waals surface area (Å²) in [7, 11) is 2.00. The summed E-state index contributed by atoms with van der Waals surface area (Å²) in [5.74, 6) is 2.80. The maximum absolute atomic E-state index is 4.58. The van der Waals surface area contributed by atoms with Gasteiger partial charge in [-0.15, -0.1) is 16.8 Å². The van der Waals surface area contributed by atoms with Gasteiger partial charge in [-0.3, -0.25) is 0 Å². The van der Waals surface area contributed by atoms with E-state index in [1.165, 1.54) is 0 Å². The summed E-state index contributed by atoms with van der Waals surface area (Å²) in [5.41, 5.74) is 2.08. The van der Waals surface area contributed by atoms with Crippen LogP contribution in [-0.2, 0) is 19.9 Å². The van der Waals surface area contributed by atoms with Crippen molar-refractivity contribution in [2.45, 2.75) is 18.0 Å². The number of benzene rings is 1. The fraction of sp³-hybridized carbons (Fsp3) is 0.267. The Morgan fingerprint density at radius 1 is 1.29 bits per heavy atom. The zero-order valence-corrected chi connectivity index (χ0v) is 12.7. The quantitative estimate of drug-likeness (QED) is 0.561. The lowest BCUT2D eigenvalue weighted by Crippen LogP contribution is -2.02. The van der Waals surface area contributed by atoms with E-state index in [2.05, 4.69) is 26.7 Å². The molecular weight excluding hydrogens is 282 g/mol. The number of aromatic nitrogens is 5. The number of aryl methyl sites for hydroxylation is 2. The molecule has 0 radical (unpaired) electrons. The Balaban J connectivity index is 1.69. The van der Waals surface area contributed by atoms with Gasteiger partial charge in [-0.2, -0.15) is 0 Å². The first-order chi connectivity index (χ1) is 10.3. The molecule has 0 amide bonds. The van der Waals surface area contributed by atoms with Crippen molar-refractivity contribution in [3.05, 3.63) is 48.6 Å². The number of aromatic amines is 1.